The number of carbonyl (C=O) groups excluding carboxylic acids is 5. The number of likely N-dealkylation sites (tertiary alicyclic amines) is 1. The highest BCUT2D eigenvalue weighted by Gasteiger charge is 2.38. The summed E-state index contributed by atoms with van der Waals surface area (Å²) in [7, 11) is 0. The second-order valence-electron chi connectivity index (χ2n) is 12.0. The minimum atomic E-state index is -1.51. The van der Waals surface area contributed by atoms with Gasteiger partial charge in [-0.1, -0.05) is 74.5 Å². The maximum atomic E-state index is 13.9. The zero-order chi connectivity index (χ0) is 33.8. The van der Waals surface area contributed by atoms with Crippen molar-refractivity contribution >= 4 is 35.5 Å². The fourth-order valence-corrected chi connectivity index (χ4v) is 5.45. The number of nitrogens with zero attached hydrogens (tertiary/aromatic N) is 1. The van der Waals surface area contributed by atoms with Crippen molar-refractivity contribution in [1.82, 2.24) is 20.9 Å². The summed E-state index contributed by atoms with van der Waals surface area (Å²) in [6, 6.07) is 12.3. The Kier molecular flexibility index (Phi) is 13.2. The van der Waals surface area contributed by atoms with Crippen molar-refractivity contribution in [3.63, 3.8) is 0 Å². The summed E-state index contributed by atoms with van der Waals surface area (Å²) in [5.41, 5.74) is 12.9. The number of amides is 5. The van der Waals surface area contributed by atoms with Gasteiger partial charge in [0.25, 0.3) is 0 Å². The minimum absolute atomic E-state index is 0.00160. The molecule has 8 N–H and O–H groups in total. The number of carboxylic acid groups (broad SMARTS) is 1. The molecular formula is C33H44N6O7. The molecule has 1 aliphatic heterocycles. The molecule has 0 bridgehead atoms. The van der Waals surface area contributed by atoms with Crippen LogP contribution in [0.5, 0.6) is 0 Å². The molecule has 13 nitrogen and oxygen atoms in total. The summed E-state index contributed by atoms with van der Waals surface area (Å²) in [4.78, 5) is 78.6. The fraction of sp³-hybridized carbons (Fsp3) is 0.455. The summed E-state index contributed by atoms with van der Waals surface area (Å²) in [6.07, 6.45) is 0.817. The largest absolute Gasteiger partial charge is 0.481 e. The van der Waals surface area contributed by atoms with Crippen LogP contribution < -0.4 is 27.4 Å². The van der Waals surface area contributed by atoms with Crippen molar-refractivity contribution in [1.29, 1.82) is 0 Å². The van der Waals surface area contributed by atoms with Gasteiger partial charge in [-0.25, -0.2) is 0 Å². The van der Waals surface area contributed by atoms with Gasteiger partial charge in [-0.2, -0.15) is 0 Å². The highest BCUT2D eigenvalue weighted by molar-refractivity contribution is 5.96. The Morgan fingerprint density at radius 2 is 1.33 bits per heavy atom. The van der Waals surface area contributed by atoms with Crippen molar-refractivity contribution in [3.05, 3.63) is 71.8 Å². The lowest BCUT2D eigenvalue weighted by Gasteiger charge is -2.29. The van der Waals surface area contributed by atoms with E-state index < -0.39 is 66.2 Å². The average molecular weight is 637 g/mol. The van der Waals surface area contributed by atoms with E-state index in [1.165, 1.54) is 4.90 Å². The van der Waals surface area contributed by atoms with Gasteiger partial charge in [-0.15, -0.1) is 0 Å². The number of carbonyl (C=O) groups is 6. The van der Waals surface area contributed by atoms with Crippen molar-refractivity contribution in [2.45, 2.75) is 82.6 Å². The van der Waals surface area contributed by atoms with Crippen LogP contribution in [0.2, 0.25) is 0 Å². The molecule has 0 unspecified atom stereocenters. The molecule has 2 aromatic rings. The number of nitrogens with two attached hydrogens (primary N) is 2. The number of primary amides is 1. The molecule has 1 saturated heterocycles. The van der Waals surface area contributed by atoms with Crippen LogP contribution in [-0.4, -0.2) is 82.3 Å². The van der Waals surface area contributed by atoms with Gasteiger partial charge in [0.1, 0.15) is 24.2 Å². The van der Waals surface area contributed by atoms with Gasteiger partial charge in [-0.3, -0.25) is 28.8 Å². The van der Waals surface area contributed by atoms with Gasteiger partial charge in [0.2, 0.25) is 29.5 Å². The second kappa shape index (κ2) is 17.1. The quantitative estimate of drug-likeness (QED) is 0.150. The molecule has 1 heterocycles. The maximum Gasteiger partial charge on any atom is 0.305 e. The molecule has 5 atom stereocenters. The monoisotopic (exact) mass is 636 g/mol. The summed E-state index contributed by atoms with van der Waals surface area (Å²) >= 11 is 0. The molecule has 3 rings (SSSR count). The lowest BCUT2D eigenvalue weighted by atomic mass is 10.0. The summed E-state index contributed by atoms with van der Waals surface area (Å²) in [5, 5.41) is 17.0. The molecule has 46 heavy (non-hydrogen) atoms. The number of rotatable bonds is 16. The Hall–Kier alpha value is -4.78. The summed E-state index contributed by atoms with van der Waals surface area (Å²) in [6.45, 7) is 4.29. The molecule has 0 saturated carbocycles. The van der Waals surface area contributed by atoms with Crippen LogP contribution in [0.4, 0.5) is 0 Å². The fourth-order valence-electron chi connectivity index (χ4n) is 5.45. The van der Waals surface area contributed by atoms with E-state index in [-0.39, 0.29) is 24.7 Å². The Bertz CT molecular complexity index is 1370. The first-order valence-corrected chi connectivity index (χ1v) is 15.4. The molecule has 5 amide bonds. The van der Waals surface area contributed by atoms with Gasteiger partial charge < -0.3 is 37.4 Å². The minimum Gasteiger partial charge on any atom is -0.481 e. The smallest absolute Gasteiger partial charge is 0.305 e. The SMILES string of the molecule is CC(C)C[C@H](N)C(=O)N1CCC[C@H]1C(=O)N[C@@H](Cc1ccccc1)C(=O)N[C@@H](Cc1ccccc1)C(=O)N[C@@H](CC(=O)O)C(N)=O. The zero-order valence-corrected chi connectivity index (χ0v) is 26.2. The van der Waals surface area contributed by atoms with E-state index in [1.807, 2.05) is 19.9 Å². The van der Waals surface area contributed by atoms with Crippen molar-refractivity contribution in [3.8, 4) is 0 Å². The van der Waals surface area contributed by atoms with E-state index in [0.29, 0.717) is 31.4 Å². The maximum absolute atomic E-state index is 13.9. The number of hydrogen-bond donors (Lipinski definition) is 6. The van der Waals surface area contributed by atoms with Crippen LogP contribution in [0, 0.1) is 5.92 Å². The number of hydrogen-bond acceptors (Lipinski definition) is 7. The van der Waals surface area contributed by atoms with E-state index in [1.54, 1.807) is 54.6 Å². The molecule has 13 heteroatoms. The third-order valence-electron chi connectivity index (χ3n) is 7.75. The average Bonchev–Trinajstić information content (AvgIpc) is 3.50. The Morgan fingerprint density at radius 3 is 1.80 bits per heavy atom. The Labute approximate surface area is 268 Å². The number of nitrogens with one attached hydrogen (secondary N) is 3. The number of carboxylic acids is 1. The van der Waals surface area contributed by atoms with Crippen LogP contribution in [0.3, 0.4) is 0 Å². The predicted octanol–water partition coefficient (Wildman–Crippen LogP) is 0.251. The van der Waals surface area contributed by atoms with Crippen LogP contribution in [0.1, 0.15) is 50.7 Å². The van der Waals surface area contributed by atoms with E-state index >= 15 is 0 Å². The van der Waals surface area contributed by atoms with Crippen molar-refractivity contribution < 1.29 is 33.9 Å². The third kappa shape index (κ3) is 10.7. The van der Waals surface area contributed by atoms with Gasteiger partial charge >= 0.3 is 5.97 Å². The van der Waals surface area contributed by atoms with E-state index in [2.05, 4.69) is 16.0 Å². The van der Waals surface area contributed by atoms with Crippen LogP contribution in [0.15, 0.2) is 60.7 Å². The van der Waals surface area contributed by atoms with Crippen LogP contribution >= 0.6 is 0 Å². The second-order valence-corrected chi connectivity index (χ2v) is 12.0. The van der Waals surface area contributed by atoms with E-state index in [4.69, 9.17) is 11.5 Å². The first-order chi connectivity index (χ1) is 21.8. The summed E-state index contributed by atoms with van der Waals surface area (Å²) in [5.74, 6) is -4.54. The highest BCUT2D eigenvalue weighted by atomic mass is 16.4. The lowest BCUT2D eigenvalue weighted by molar-refractivity contribution is -0.141. The molecule has 2 aromatic carbocycles. The summed E-state index contributed by atoms with van der Waals surface area (Å²) < 4.78 is 0. The van der Waals surface area contributed by atoms with Crippen LogP contribution in [0.25, 0.3) is 0 Å². The number of aliphatic carboxylic acids is 1. The standard InChI is InChI=1S/C33H44N6O7/c1-20(2)16-23(34)33(46)39-15-9-14-27(39)32(45)38-26(18-22-12-7-4-8-13-22)31(44)37-25(17-21-10-5-3-6-11-21)30(43)36-24(29(35)42)19-28(40)41/h3-8,10-13,20,23-27H,9,14-19,34H2,1-2H3,(H2,35,42)(H,36,43)(H,37,44)(H,38,45)(H,40,41)/t23-,24-,25-,26-,27-/m0/s1. The molecule has 248 valence electrons. The molecule has 0 spiro atoms. The predicted molar refractivity (Wildman–Crippen MR) is 170 cm³/mol. The van der Waals surface area contributed by atoms with Gasteiger partial charge in [-0.05, 0) is 36.3 Å². The molecular weight excluding hydrogens is 592 g/mol. The van der Waals surface area contributed by atoms with E-state index in [9.17, 15) is 33.9 Å². The molecule has 0 radical (unpaired) electrons. The number of benzene rings is 2. The van der Waals surface area contributed by atoms with Crippen molar-refractivity contribution in [2.75, 3.05) is 6.54 Å². The molecule has 1 fully saturated rings. The topological polar surface area (TPSA) is 214 Å². The molecule has 1 aliphatic rings. The first-order valence-electron chi connectivity index (χ1n) is 15.4. The Morgan fingerprint density at radius 1 is 0.826 bits per heavy atom. The first kappa shape index (κ1) is 35.7. The lowest BCUT2D eigenvalue weighted by Crippen LogP contribution is -2.59. The van der Waals surface area contributed by atoms with Gasteiger partial charge in [0.15, 0.2) is 0 Å². The van der Waals surface area contributed by atoms with Gasteiger partial charge in [0.05, 0.1) is 12.5 Å². The Balaban J connectivity index is 1.85. The van der Waals surface area contributed by atoms with Gasteiger partial charge in [0, 0.05) is 19.4 Å². The molecule has 0 aromatic heterocycles. The molecule has 0 aliphatic carbocycles. The zero-order valence-electron chi connectivity index (χ0n) is 26.2. The normalized spacial score (nSPS) is 17.0. The highest BCUT2D eigenvalue weighted by Crippen LogP contribution is 2.20. The van der Waals surface area contributed by atoms with E-state index in [0.717, 1.165) is 5.56 Å². The third-order valence-corrected chi connectivity index (χ3v) is 7.75. The van der Waals surface area contributed by atoms with Crippen molar-refractivity contribution in [2.24, 2.45) is 17.4 Å². The van der Waals surface area contributed by atoms with Crippen LogP contribution in [-0.2, 0) is 41.6 Å².